The fourth-order valence-corrected chi connectivity index (χ4v) is 2.71. The molecule has 2 nitrogen and oxygen atoms in total. The molecule has 0 fully saturated rings. The average molecular weight is 312 g/mol. The van der Waals surface area contributed by atoms with Crippen molar-refractivity contribution in [2.75, 3.05) is 11.9 Å². The number of benzene rings is 1. The number of hydrogen-bond acceptors (Lipinski definition) is 2. The standard InChI is InChI=1S/C13H14BrNOS/c1-9(7-14)8-15-13(16)12-6-10-4-2-3-5-11(10)17-12/h2-6,9H,7-8H2,1H3,(H,15,16). The molecule has 1 N–H and O–H groups in total. The summed E-state index contributed by atoms with van der Waals surface area (Å²) in [5.41, 5.74) is 0. The second-order valence-corrected chi connectivity index (χ2v) is 5.85. The lowest BCUT2D eigenvalue weighted by Crippen LogP contribution is -2.28. The van der Waals surface area contributed by atoms with Crippen LogP contribution in [0.25, 0.3) is 10.1 Å². The van der Waals surface area contributed by atoms with E-state index in [9.17, 15) is 4.79 Å². The molecule has 1 aromatic carbocycles. The smallest absolute Gasteiger partial charge is 0.261 e. The van der Waals surface area contributed by atoms with Gasteiger partial charge in [0.2, 0.25) is 0 Å². The summed E-state index contributed by atoms with van der Waals surface area (Å²) in [6.07, 6.45) is 0. The number of alkyl halides is 1. The highest BCUT2D eigenvalue weighted by Gasteiger charge is 2.10. The molecular weight excluding hydrogens is 298 g/mol. The lowest BCUT2D eigenvalue weighted by Gasteiger charge is -2.07. The number of fused-ring (bicyclic) bond motifs is 1. The Hall–Kier alpha value is -0.870. The molecule has 1 heterocycles. The van der Waals surface area contributed by atoms with Crippen LogP contribution in [0.3, 0.4) is 0 Å². The molecular formula is C13H14BrNOS. The van der Waals surface area contributed by atoms with Gasteiger partial charge in [-0.05, 0) is 23.4 Å². The van der Waals surface area contributed by atoms with E-state index in [1.807, 2.05) is 30.3 Å². The first-order valence-electron chi connectivity index (χ1n) is 5.53. The van der Waals surface area contributed by atoms with Crippen molar-refractivity contribution in [3.05, 3.63) is 35.2 Å². The number of rotatable bonds is 4. The van der Waals surface area contributed by atoms with E-state index in [4.69, 9.17) is 0 Å². The predicted octanol–water partition coefficient (Wildman–Crippen LogP) is 3.66. The number of carbonyl (C=O) groups excluding carboxylic acids is 1. The Balaban J connectivity index is 2.08. The molecule has 1 amide bonds. The van der Waals surface area contributed by atoms with Crippen LogP contribution in [0.2, 0.25) is 0 Å². The molecule has 1 aromatic heterocycles. The van der Waals surface area contributed by atoms with E-state index in [0.29, 0.717) is 12.5 Å². The maximum absolute atomic E-state index is 11.9. The number of nitrogens with one attached hydrogen (secondary N) is 1. The van der Waals surface area contributed by atoms with Gasteiger partial charge >= 0.3 is 0 Å². The number of hydrogen-bond donors (Lipinski definition) is 1. The summed E-state index contributed by atoms with van der Waals surface area (Å²) in [4.78, 5) is 12.7. The first kappa shape index (κ1) is 12.6. The number of thiophene rings is 1. The highest BCUT2D eigenvalue weighted by atomic mass is 79.9. The van der Waals surface area contributed by atoms with Crippen LogP contribution in [0, 0.1) is 5.92 Å². The second-order valence-electron chi connectivity index (χ2n) is 4.12. The zero-order chi connectivity index (χ0) is 12.3. The summed E-state index contributed by atoms with van der Waals surface area (Å²) in [7, 11) is 0. The summed E-state index contributed by atoms with van der Waals surface area (Å²) in [6, 6.07) is 10.0. The normalized spacial score (nSPS) is 12.6. The minimum Gasteiger partial charge on any atom is -0.351 e. The third kappa shape index (κ3) is 3.07. The van der Waals surface area contributed by atoms with Gasteiger partial charge in [-0.3, -0.25) is 4.79 Å². The monoisotopic (exact) mass is 311 g/mol. The van der Waals surface area contributed by atoms with Gasteiger partial charge in [0.05, 0.1) is 4.88 Å². The molecule has 0 aliphatic rings. The van der Waals surface area contributed by atoms with E-state index in [1.54, 1.807) is 11.3 Å². The van der Waals surface area contributed by atoms with Crippen LogP contribution in [0.5, 0.6) is 0 Å². The minimum absolute atomic E-state index is 0.0269. The second kappa shape index (κ2) is 5.65. The Morgan fingerprint density at radius 1 is 1.47 bits per heavy atom. The largest absolute Gasteiger partial charge is 0.351 e. The van der Waals surface area contributed by atoms with Crippen LogP contribution in [0.4, 0.5) is 0 Å². The Bertz CT molecular complexity index is 490. The molecule has 90 valence electrons. The SMILES string of the molecule is CC(CBr)CNC(=O)c1cc2ccccc2s1. The summed E-state index contributed by atoms with van der Waals surface area (Å²) in [5, 5.41) is 4.99. The maximum Gasteiger partial charge on any atom is 0.261 e. The summed E-state index contributed by atoms with van der Waals surface area (Å²) in [6.45, 7) is 2.80. The number of carbonyl (C=O) groups is 1. The third-order valence-electron chi connectivity index (χ3n) is 2.52. The van der Waals surface area contributed by atoms with Crippen molar-refractivity contribution in [1.82, 2.24) is 5.32 Å². The molecule has 0 radical (unpaired) electrons. The van der Waals surface area contributed by atoms with E-state index in [0.717, 1.165) is 20.3 Å². The van der Waals surface area contributed by atoms with Gasteiger partial charge in [-0.25, -0.2) is 0 Å². The Morgan fingerprint density at radius 3 is 2.94 bits per heavy atom. The molecule has 0 saturated carbocycles. The Kier molecular flexibility index (Phi) is 4.18. The average Bonchev–Trinajstić information content (AvgIpc) is 2.79. The Morgan fingerprint density at radius 2 is 2.24 bits per heavy atom. The zero-order valence-corrected chi connectivity index (χ0v) is 12.0. The van der Waals surface area contributed by atoms with Gasteiger partial charge in [0.25, 0.3) is 5.91 Å². The van der Waals surface area contributed by atoms with Gasteiger partial charge in [0.1, 0.15) is 0 Å². The van der Waals surface area contributed by atoms with E-state index in [2.05, 4.69) is 28.2 Å². The highest BCUT2D eigenvalue weighted by molar-refractivity contribution is 9.09. The highest BCUT2D eigenvalue weighted by Crippen LogP contribution is 2.25. The quantitative estimate of drug-likeness (QED) is 0.858. The van der Waals surface area contributed by atoms with Crippen LogP contribution in [-0.2, 0) is 0 Å². The van der Waals surface area contributed by atoms with Crippen molar-refractivity contribution >= 4 is 43.3 Å². The van der Waals surface area contributed by atoms with E-state index < -0.39 is 0 Å². The molecule has 0 aliphatic heterocycles. The first-order chi connectivity index (χ1) is 8.20. The zero-order valence-electron chi connectivity index (χ0n) is 9.57. The molecule has 1 unspecified atom stereocenters. The molecule has 0 bridgehead atoms. The van der Waals surface area contributed by atoms with Crippen LogP contribution in [-0.4, -0.2) is 17.8 Å². The van der Waals surface area contributed by atoms with Crippen molar-refractivity contribution in [3.8, 4) is 0 Å². The third-order valence-corrected chi connectivity index (χ3v) is 4.74. The van der Waals surface area contributed by atoms with Crippen LogP contribution in [0.1, 0.15) is 16.6 Å². The van der Waals surface area contributed by atoms with E-state index in [1.165, 1.54) is 0 Å². The summed E-state index contributed by atoms with van der Waals surface area (Å²) >= 11 is 4.94. The molecule has 2 rings (SSSR count). The molecule has 4 heteroatoms. The summed E-state index contributed by atoms with van der Waals surface area (Å²) < 4.78 is 1.16. The predicted molar refractivity (Wildman–Crippen MR) is 77.1 cm³/mol. The van der Waals surface area contributed by atoms with E-state index >= 15 is 0 Å². The van der Waals surface area contributed by atoms with Crippen molar-refractivity contribution in [1.29, 1.82) is 0 Å². The van der Waals surface area contributed by atoms with Crippen LogP contribution >= 0.6 is 27.3 Å². The molecule has 1 atom stereocenters. The van der Waals surface area contributed by atoms with Crippen molar-refractivity contribution in [3.63, 3.8) is 0 Å². The molecule has 2 aromatic rings. The van der Waals surface area contributed by atoms with Gasteiger partial charge in [-0.1, -0.05) is 41.1 Å². The van der Waals surface area contributed by atoms with Crippen molar-refractivity contribution in [2.45, 2.75) is 6.92 Å². The molecule has 17 heavy (non-hydrogen) atoms. The number of amides is 1. The first-order valence-corrected chi connectivity index (χ1v) is 7.47. The van der Waals surface area contributed by atoms with Crippen molar-refractivity contribution in [2.24, 2.45) is 5.92 Å². The number of halogens is 1. The topological polar surface area (TPSA) is 29.1 Å². The van der Waals surface area contributed by atoms with Gasteiger partial charge in [-0.2, -0.15) is 0 Å². The van der Waals surface area contributed by atoms with Crippen LogP contribution < -0.4 is 5.32 Å². The summed E-state index contributed by atoms with van der Waals surface area (Å²) in [5.74, 6) is 0.479. The molecule has 0 saturated heterocycles. The fraction of sp³-hybridized carbons (Fsp3) is 0.308. The van der Waals surface area contributed by atoms with Gasteiger partial charge in [-0.15, -0.1) is 11.3 Å². The van der Waals surface area contributed by atoms with Gasteiger partial charge in [0, 0.05) is 16.6 Å². The van der Waals surface area contributed by atoms with E-state index in [-0.39, 0.29) is 5.91 Å². The maximum atomic E-state index is 11.9. The molecule has 0 spiro atoms. The van der Waals surface area contributed by atoms with Crippen molar-refractivity contribution < 1.29 is 4.79 Å². The van der Waals surface area contributed by atoms with Crippen LogP contribution in [0.15, 0.2) is 30.3 Å². The molecule has 0 aliphatic carbocycles. The fourth-order valence-electron chi connectivity index (χ4n) is 1.50. The van der Waals surface area contributed by atoms with Gasteiger partial charge in [0.15, 0.2) is 0 Å². The lowest BCUT2D eigenvalue weighted by molar-refractivity contribution is 0.0953. The Labute approximate surface area is 113 Å². The lowest BCUT2D eigenvalue weighted by atomic mass is 10.2. The van der Waals surface area contributed by atoms with Gasteiger partial charge < -0.3 is 5.32 Å². The minimum atomic E-state index is 0.0269.